The number of hydrogen-bond donors (Lipinski definition) is 1. The van der Waals surface area contributed by atoms with E-state index in [-0.39, 0.29) is 18.2 Å². The number of rotatable bonds is 5. The molecule has 19 heavy (non-hydrogen) atoms. The summed E-state index contributed by atoms with van der Waals surface area (Å²) in [5.74, 6) is -2.23. The zero-order valence-electron chi connectivity index (χ0n) is 11.5. The van der Waals surface area contributed by atoms with Crippen molar-refractivity contribution in [2.24, 2.45) is 5.92 Å². The Balaban J connectivity index is 1.86. The normalized spacial score (nSPS) is 19.3. The van der Waals surface area contributed by atoms with Crippen molar-refractivity contribution in [3.8, 4) is 0 Å². The van der Waals surface area contributed by atoms with Gasteiger partial charge in [-0.05, 0) is 25.7 Å². The second-order valence-electron chi connectivity index (χ2n) is 5.64. The molecule has 0 aliphatic heterocycles. The van der Waals surface area contributed by atoms with Gasteiger partial charge in [0.2, 0.25) is 0 Å². The topological polar surface area (TPSA) is 12.0 Å². The molecular formula is C16H23F2N. The summed E-state index contributed by atoms with van der Waals surface area (Å²) in [5, 5.41) is 3.04. The van der Waals surface area contributed by atoms with Crippen LogP contribution in [0.1, 0.15) is 44.6 Å². The fourth-order valence-electron chi connectivity index (χ4n) is 2.87. The van der Waals surface area contributed by atoms with E-state index in [1.807, 2.05) is 6.92 Å². The minimum Gasteiger partial charge on any atom is -0.308 e. The maximum Gasteiger partial charge on any atom is 0.285 e. The number of nitrogens with one attached hydrogen (secondary N) is 1. The minimum absolute atomic E-state index is 0.0957. The van der Waals surface area contributed by atoms with Crippen molar-refractivity contribution in [2.75, 3.05) is 6.54 Å². The van der Waals surface area contributed by atoms with Gasteiger partial charge in [0.05, 0.1) is 6.54 Å². The van der Waals surface area contributed by atoms with Crippen molar-refractivity contribution >= 4 is 0 Å². The van der Waals surface area contributed by atoms with Crippen molar-refractivity contribution in [1.29, 1.82) is 0 Å². The molecule has 0 heterocycles. The molecule has 0 aromatic heterocycles. The number of hydrogen-bond acceptors (Lipinski definition) is 1. The summed E-state index contributed by atoms with van der Waals surface area (Å²) in [5.41, 5.74) is 0.0957. The largest absolute Gasteiger partial charge is 0.308 e. The average Bonchev–Trinajstić information content (AvgIpc) is 2.47. The first-order valence-corrected chi connectivity index (χ1v) is 7.26. The van der Waals surface area contributed by atoms with Crippen LogP contribution >= 0.6 is 0 Å². The Labute approximate surface area is 114 Å². The molecule has 1 saturated carbocycles. The van der Waals surface area contributed by atoms with Crippen LogP contribution in [0.2, 0.25) is 0 Å². The van der Waals surface area contributed by atoms with Gasteiger partial charge in [0.25, 0.3) is 5.92 Å². The lowest BCUT2D eigenvalue weighted by Crippen LogP contribution is -2.40. The molecule has 1 fully saturated rings. The van der Waals surface area contributed by atoms with Gasteiger partial charge in [0.15, 0.2) is 0 Å². The van der Waals surface area contributed by atoms with E-state index in [1.165, 1.54) is 44.2 Å². The minimum atomic E-state index is -2.79. The first-order chi connectivity index (χ1) is 9.09. The average molecular weight is 267 g/mol. The van der Waals surface area contributed by atoms with Crippen LogP contribution in [-0.4, -0.2) is 12.6 Å². The lowest BCUT2D eigenvalue weighted by molar-refractivity contribution is -0.00751. The predicted octanol–water partition coefficient (Wildman–Crippen LogP) is 4.34. The van der Waals surface area contributed by atoms with Gasteiger partial charge in [-0.15, -0.1) is 0 Å². The van der Waals surface area contributed by atoms with Gasteiger partial charge < -0.3 is 5.32 Å². The van der Waals surface area contributed by atoms with E-state index < -0.39 is 5.92 Å². The van der Waals surface area contributed by atoms with Crippen LogP contribution in [-0.2, 0) is 5.92 Å². The second-order valence-corrected chi connectivity index (χ2v) is 5.64. The molecule has 1 nitrogen and oxygen atoms in total. The van der Waals surface area contributed by atoms with Gasteiger partial charge in [-0.1, -0.05) is 49.6 Å². The molecule has 0 spiro atoms. The molecule has 0 radical (unpaired) electrons. The molecule has 2 rings (SSSR count). The molecule has 0 unspecified atom stereocenters. The highest BCUT2D eigenvalue weighted by Gasteiger charge is 2.32. The first kappa shape index (κ1) is 14.4. The molecule has 106 valence electrons. The SMILES string of the molecule is C[C@@H](NCC(F)(F)c1ccccc1)C1CCCCC1. The van der Waals surface area contributed by atoms with Crippen molar-refractivity contribution in [2.45, 2.75) is 51.0 Å². The standard InChI is InChI=1S/C16H23F2N/c1-13(14-8-4-2-5-9-14)19-12-16(17,18)15-10-6-3-7-11-15/h3,6-7,10-11,13-14,19H,2,4-5,8-9,12H2,1H3/t13-/m1/s1. The van der Waals surface area contributed by atoms with Crippen molar-refractivity contribution in [1.82, 2.24) is 5.32 Å². The lowest BCUT2D eigenvalue weighted by atomic mass is 9.84. The Kier molecular flexibility index (Phi) is 4.92. The fraction of sp³-hybridized carbons (Fsp3) is 0.625. The highest BCUT2D eigenvalue weighted by Crippen LogP contribution is 2.29. The van der Waals surface area contributed by atoms with E-state index in [0.29, 0.717) is 5.92 Å². The highest BCUT2D eigenvalue weighted by atomic mass is 19.3. The number of benzene rings is 1. The van der Waals surface area contributed by atoms with Crippen LogP contribution in [0, 0.1) is 5.92 Å². The third-order valence-corrected chi connectivity index (χ3v) is 4.20. The first-order valence-electron chi connectivity index (χ1n) is 7.26. The number of alkyl halides is 2. The summed E-state index contributed by atoms with van der Waals surface area (Å²) >= 11 is 0. The van der Waals surface area contributed by atoms with Gasteiger partial charge >= 0.3 is 0 Å². The van der Waals surface area contributed by atoms with Crippen molar-refractivity contribution in [3.63, 3.8) is 0 Å². The second kappa shape index (κ2) is 6.47. The van der Waals surface area contributed by atoms with E-state index in [2.05, 4.69) is 5.32 Å². The van der Waals surface area contributed by atoms with E-state index in [9.17, 15) is 8.78 Å². The summed E-state index contributed by atoms with van der Waals surface area (Å²) in [4.78, 5) is 0. The Morgan fingerprint density at radius 1 is 1.16 bits per heavy atom. The van der Waals surface area contributed by atoms with E-state index in [4.69, 9.17) is 0 Å². The predicted molar refractivity (Wildman–Crippen MR) is 74.4 cm³/mol. The Hall–Kier alpha value is -0.960. The molecule has 1 atom stereocenters. The zero-order chi connectivity index (χ0) is 13.7. The van der Waals surface area contributed by atoms with Crippen LogP contribution in [0.4, 0.5) is 8.78 Å². The summed E-state index contributed by atoms with van der Waals surface area (Å²) in [7, 11) is 0. The fourth-order valence-corrected chi connectivity index (χ4v) is 2.87. The smallest absolute Gasteiger partial charge is 0.285 e. The van der Waals surface area contributed by atoms with Crippen LogP contribution in [0.3, 0.4) is 0 Å². The van der Waals surface area contributed by atoms with Crippen molar-refractivity contribution in [3.05, 3.63) is 35.9 Å². The van der Waals surface area contributed by atoms with Crippen LogP contribution < -0.4 is 5.32 Å². The zero-order valence-corrected chi connectivity index (χ0v) is 11.5. The van der Waals surface area contributed by atoms with Crippen LogP contribution in [0.25, 0.3) is 0 Å². The van der Waals surface area contributed by atoms with E-state index >= 15 is 0 Å². The van der Waals surface area contributed by atoms with Gasteiger partial charge in [0.1, 0.15) is 0 Å². The third-order valence-electron chi connectivity index (χ3n) is 4.20. The van der Waals surface area contributed by atoms with Crippen molar-refractivity contribution < 1.29 is 8.78 Å². The number of halogens is 2. The van der Waals surface area contributed by atoms with E-state index in [1.54, 1.807) is 18.2 Å². The summed E-state index contributed by atoms with van der Waals surface area (Å²) in [6, 6.07) is 8.24. The molecule has 0 bridgehead atoms. The van der Waals surface area contributed by atoms with Gasteiger partial charge in [-0.2, -0.15) is 8.78 Å². The van der Waals surface area contributed by atoms with Gasteiger partial charge in [-0.3, -0.25) is 0 Å². The molecule has 1 aliphatic carbocycles. The third kappa shape index (κ3) is 4.00. The maximum atomic E-state index is 14.0. The highest BCUT2D eigenvalue weighted by molar-refractivity contribution is 5.20. The van der Waals surface area contributed by atoms with Gasteiger partial charge in [-0.25, -0.2) is 0 Å². The summed E-state index contributed by atoms with van der Waals surface area (Å²) in [6.07, 6.45) is 6.12. The molecule has 0 saturated heterocycles. The monoisotopic (exact) mass is 267 g/mol. The summed E-state index contributed by atoms with van der Waals surface area (Å²) < 4.78 is 28.0. The summed E-state index contributed by atoms with van der Waals surface area (Å²) in [6.45, 7) is 1.77. The molecule has 1 N–H and O–H groups in total. The molecule has 1 aromatic rings. The molecule has 1 aromatic carbocycles. The van der Waals surface area contributed by atoms with Gasteiger partial charge in [0, 0.05) is 11.6 Å². The Morgan fingerprint density at radius 3 is 2.42 bits per heavy atom. The van der Waals surface area contributed by atoms with Crippen LogP contribution in [0.5, 0.6) is 0 Å². The molecule has 0 amide bonds. The van der Waals surface area contributed by atoms with E-state index in [0.717, 1.165) is 0 Å². The molecular weight excluding hydrogens is 244 g/mol. The quantitative estimate of drug-likeness (QED) is 0.837. The Morgan fingerprint density at radius 2 is 1.79 bits per heavy atom. The molecule has 1 aliphatic rings. The lowest BCUT2D eigenvalue weighted by Gasteiger charge is -2.30. The maximum absolute atomic E-state index is 14.0. The Bertz CT molecular complexity index is 372. The van der Waals surface area contributed by atoms with Crippen LogP contribution in [0.15, 0.2) is 30.3 Å². The molecule has 3 heteroatoms.